The van der Waals surface area contributed by atoms with E-state index in [1.165, 1.54) is 0 Å². The second kappa shape index (κ2) is 16.2. The molecule has 0 unspecified atom stereocenters. The van der Waals surface area contributed by atoms with Crippen LogP contribution in [-0.2, 0) is 38.7 Å². The minimum Gasteiger partial charge on any atom is -0.461 e. The molecule has 242 valence electrons. The number of ether oxygens (including phenoxy) is 2. The Morgan fingerprint density at radius 1 is 0.766 bits per heavy atom. The van der Waals surface area contributed by atoms with Gasteiger partial charge in [-0.2, -0.15) is 0 Å². The highest BCUT2D eigenvalue weighted by Gasteiger charge is 2.26. The molecule has 2 amide bonds. The molecule has 9 heteroatoms. The van der Waals surface area contributed by atoms with Crippen LogP contribution in [0, 0.1) is 5.92 Å². The monoisotopic (exact) mass is 633 g/mol. The van der Waals surface area contributed by atoms with Gasteiger partial charge in [0.25, 0.3) is 0 Å². The van der Waals surface area contributed by atoms with Crippen LogP contribution in [0.25, 0.3) is 22.2 Å². The summed E-state index contributed by atoms with van der Waals surface area (Å²) in [7, 11) is 0. The summed E-state index contributed by atoms with van der Waals surface area (Å²) in [4.78, 5) is 41.1. The van der Waals surface area contributed by atoms with Crippen molar-refractivity contribution in [2.24, 2.45) is 5.92 Å². The fraction of sp³-hybridized carbons (Fsp3) is 0.263. The van der Waals surface area contributed by atoms with Crippen molar-refractivity contribution < 1.29 is 28.4 Å². The molecule has 1 aromatic heterocycles. The van der Waals surface area contributed by atoms with E-state index >= 15 is 0 Å². The molecule has 0 bridgehead atoms. The van der Waals surface area contributed by atoms with E-state index < -0.39 is 24.0 Å². The molecule has 0 radical (unpaired) electrons. The Labute approximate surface area is 274 Å². The number of urea groups is 1. The Balaban J connectivity index is 1.27. The number of hydrogen-bond acceptors (Lipinski definition) is 7. The predicted octanol–water partition coefficient (Wildman–Crippen LogP) is 6.95. The summed E-state index contributed by atoms with van der Waals surface area (Å²) >= 11 is 0. The number of nitrogens with zero attached hydrogens (tertiary/aromatic N) is 2. The molecule has 0 aliphatic heterocycles. The highest BCUT2D eigenvalue weighted by Crippen LogP contribution is 2.28. The summed E-state index contributed by atoms with van der Waals surface area (Å²) in [5.41, 5.74) is 4.84. The molecule has 1 heterocycles. The summed E-state index contributed by atoms with van der Waals surface area (Å²) in [6.07, 6.45) is 0.224. The van der Waals surface area contributed by atoms with Gasteiger partial charge in [-0.3, -0.25) is 4.79 Å². The lowest BCUT2D eigenvalue weighted by atomic mass is 10.0. The van der Waals surface area contributed by atoms with Gasteiger partial charge in [0.05, 0.1) is 6.42 Å². The number of fused-ring (bicyclic) bond motifs is 1. The normalized spacial score (nSPS) is 11.6. The van der Waals surface area contributed by atoms with Gasteiger partial charge < -0.3 is 24.2 Å². The van der Waals surface area contributed by atoms with Gasteiger partial charge in [-0.1, -0.05) is 116 Å². The molecule has 47 heavy (non-hydrogen) atoms. The third kappa shape index (κ3) is 9.53. The van der Waals surface area contributed by atoms with Crippen LogP contribution in [0.2, 0.25) is 0 Å². The fourth-order valence-corrected chi connectivity index (χ4v) is 5.14. The van der Waals surface area contributed by atoms with E-state index in [1.807, 2.05) is 123 Å². The summed E-state index contributed by atoms with van der Waals surface area (Å²) < 4.78 is 16.5. The molecular weight excluding hydrogens is 594 g/mol. The summed E-state index contributed by atoms with van der Waals surface area (Å²) in [5, 5.41) is 8.03. The van der Waals surface area contributed by atoms with E-state index in [4.69, 9.17) is 14.0 Å². The molecule has 0 spiro atoms. The zero-order chi connectivity index (χ0) is 33.0. The van der Waals surface area contributed by atoms with Gasteiger partial charge in [0, 0.05) is 30.5 Å². The molecule has 0 saturated carbocycles. The lowest BCUT2D eigenvalue weighted by Gasteiger charge is -2.27. The molecule has 9 nitrogen and oxygen atoms in total. The van der Waals surface area contributed by atoms with Crippen molar-refractivity contribution in [1.82, 2.24) is 15.4 Å². The quantitative estimate of drug-likeness (QED) is 0.132. The van der Waals surface area contributed by atoms with Crippen LogP contribution in [0.5, 0.6) is 0 Å². The molecular formula is C38H39N3O6. The number of nitrogens with one attached hydrogen (secondary N) is 1. The van der Waals surface area contributed by atoms with Crippen molar-refractivity contribution >= 4 is 28.9 Å². The van der Waals surface area contributed by atoms with Gasteiger partial charge in [0.2, 0.25) is 0 Å². The Morgan fingerprint density at radius 2 is 1.38 bits per heavy atom. The topological polar surface area (TPSA) is 111 Å². The zero-order valence-corrected chi connectivity index (χ0v) is 26.6. The van der Waals surface area contributed by atoms with E-state index in [0.717, 1.165) is 33.3 Å². The fourth-order valence-electron chi connectivity index (χ4n) is 5.14. The number of aromatic nitrogens is 1. The maximum atomic E-state index is 13.6. The summed E-state index contributed by atoms with van der Waals surface area (Å²) in [5.74, 6) is -0.834. The molecule has 0 saturated heterocycles. The second-order valence-corrected chi connectivity index (χ2v) is 11.8. The number of rotatable bonds is 14. The minimum atomic E-state index is -0.968. The molecule has 0 aliphatic rings. The van der Waals surface area contributed by atoms with Crippen LogP contribution >= 0.6 is 0 Å². The first-order chi connectivity index (χ1) is 22.9. The average molecular weight is 634 g/mol. The minimum absolute atomic E-state index is 0.0221. The van der Waals surface area contributed by atoms with Crippen molar-refractivity contribution in [3.05, 3.63) is 126 Å². The van der Waals surface area contributed by atoms with Crippen molar-refractivity contribution in [2.45, 2.75) is 45.9 Å². The maximum Gasteiger partial charge on any atom is 0.329 e. The number of para-hydroxylation sites is 1. The lowest BCUT2D eigenvalue weighted by molar-refractivity contribution is -0.147. The van der Waals surface area contributed by atoms with Gasteiger partial charge in [-0.25, -0.2) is 9.59 Å². The smallest absolute Gasteiger partial charge is 0.329 e. The third-order valence-electron chi connectivity index (χ3n) is 7.55. The van der Waals surface area contributed by atoms with E-state index in [-0.39, 0.29) is 38.5 Å². The summed E-state index contributed by atoms with van der Waals surface area (Å²) in [6.45, 7) is 4.75. The van der Waals surface area contributed by atoms with Crippen LogP contribution in [-0.4, -0.2) is 47.2 Å². The number of carbonyl (C=O) groups is 3. The van der Waals surface area contributed by atoms with Gasteiger partial charge in [0.1, 0.15) is 24.9 Å². The van der Waals surface area contributed by atoms with Crippen molar-refractivity contribution in [2.75, 3.05) is 13.1 Å². The lowest BCUT2D eigenvalue weighted by Crippen LogP contribution is -2.50. The number of esters is 2. The highest BCUT2D eigenvalue weighted by atomic mass is 16.5. The Kier molecular flexibility index (Phi) is 11.4. The van der Waals surface area contributed by atoms with Crippen molar-refractivity contribution in [3.63, 3.8) is 0 Å². The van der Waals surface area contributed by atoms with Gasteiger partial charge in [-0.15, -0.1) is 0 Å². The third-order valence-corrected chi connectivity index (χ3v) is 7.55. The number of carbonyl (C=O) groups excluding carboxylic acids is 3. The predicted molar refractivity (Wildman–Crippen MR) is 179 cm³/mol. The van der Waals surface area contributed by atoms with E-state index in [0.29, 0.717) is 12.1 Å². The van der Waals surface area contributed by atoms with Gasteiger partial charge >= 0.3 is 18.0 Å². The number of hydrogen-bond donors (Lipinski definition) is 1. The molecule has 4 aromatic carbocycles. The van der Waals surface area contributed by atoms with Gasteiger partial charge in [-0.05, 0) is 34.7 Å². The number of benzene rings is 4. The Bertz CT molecular complexity index is 1750. The van der Waals surface area contributed by atoms with E-state index in [2.05, 4.69) is 10.5 Å². The maximum absolute atomic E-state index is 13.6. The largest absolute Gasteiger partial charge is 0.461 e. The van der Waals surface area contributed by atoms with E-state index in [1.54, 1.807) is 4.90 Å². The molecule has 1 atom stereocenters. The molecule has 5 rings (SSSR count). The first-order valence-corrected chi connectivity index (χ1v) is 15.7. The van der Waals surface area contributed by atoms with Crippen LogP contribution in [0.4, 0.5) is 4.79 Å². The molecule has 0 aliphatic carbocycles. The van der Waals surface area contributed by atoms with Crippen LogP contribution in [0.15, 0.2) is 114 Å². The SMILES string of the molecule is CC(C)CN(CCC(=O)OCc1ccccc1)C(=O)N[C@@H](Cc1ccc(-c2noc3ccccc23)cc1)C(=O)OCc1ccccc1. The first-order valence-electron chi connectivity index (χ1n) is 15.7. The second-order valence-electron chi connectivity index (χ2n) is 11.8. The van der Waals surface area contributed by atoms with Crippen LogP contribution in [0.1, 0.15) is 37.0 Å². The molecule has 5 aromatic rings. The molecule has 1 N–H and O–H groups in total. The Morgan fingerprint density at radius 3 is 2.04 bits per heavy atom. The van der Waals surface area contributed by atoms with Crippen LogP contribution in [0.3, 0.4) is 0 Å². The zero-order valence-electron chi connectivity index (χ0n) is 26.6. The van der Waals surface area contributed by atoms with Crippen molar-refractivity contribution in [3.8, 4) is 11.3 Å². The van der Waals surface area contributed by atoms with Crippen LogP contribution < -0.4 is 5.32 Å². The van der Waals surface area contributed by atoms with E-state index in [9.17, 15) is 14.4 Å². The van der Waals surface area contributed by atoms with Gasteiger partial charge in [0.15, 0.2) is 5.58 Å². The highest BCUT2D eigenvalue weighted by molar-refractivity contribution is 5.91. The summed E-state index contributed by atoms with van der Waals surface area (Å²) in [6, 6.07) is 32.6. The van der Waals surface area contributed by atoms with Crippen molar-refractivity contribution in [1.29, 1.82) is 0 Å². The first kappa shape index (κ1) is 32.9. The Hall–Kier alpha value is -5.44. The molecule has 0 fully saturated rings. The average Bonchev–Trinajstić information content (AvgIpc) is 3.53. The standard InChI is InChI=1S/C38H39N3O6/c1-27(2)24-41(22-21-35(42)45-25-29-11-5-3-6-12-29)38(44)39-33(37(43)46-26-30-13-7-4-8-14-30)23-28-17-19-31(20-18-28)36-32-15-9-10-16-34(32)47-40-36/h3-20,27,33H,21-26H2,1-2H3,(H,39,44)/t33-/m0/s1. The number of amides is 2.